The molecule has 1 aromatic heterocycles. The van der Waals surface area contributed by atoms with Crippen molar-refractivity contribution in [1.82, 2.24) is 4.57 Å². The topological polar surface area (TPSA) is 176 Å². The molecule has 0 saturated heterocycles. The summed E-state index contributed by atoms with van der Waals surface area (Å²) < 4.78 is 12.2. The van der Waals surface area contributed by atoms with Gasteiger partial charge in [-0.25, -0.2) is 9.79 Å². The number of rotatable bonds is 8. The molecule has 0 bridgehead atoms. The monoisotopic (exact) mass is 568 g/mol. The predicted octanol–water partition coefficient (Wildman–Crippen LogP) is 3.11. The van der Waals surface area contributed by atoms with Crippen LogP contribution in [-0.4, -0.2) is 38.2 Å². The molecule has 1 N–H and O–H groups in total. The minimum absolute atomic E-state index is 0.0217. The lowest BCUT2D eigenvalue weighted by Crippen LogP contribution is -2.39. The zero-order chi connectivity index (χ0) is 29.3. The number of fused-ring (bicyclic) bond motifs is 1. The maximum atomic E-state index is 13.7. The number of carbonyl (C=O) groups is 1. The highest BCUT2D eigenvalue weighted by Gasteiger charge is 2.33. The second kappa shape index (κ2) is 11.1. The quantitative estimate of drug-likeness (QED) is 0.243. The molecular weight excluding hydrogens is 544 g/mol. The SMILES string of the molecule is CCOC(=O)C1=C(C)N=c2s/c(=C\c3cc([N+](=O)[O-])cc([N+](=O)[O-])c3O)c(=O)n2[C@H]1c1ccc(OC(C)C)cc1. The number of nitrogens with zero attached hydrogens (tertiary/aromatic N) is 4. The summed E-state index contributed by atoms with van der Waals surface area (Å²) in [6, 6.07) is 7.49. The Balaban J connectivity index is 1.96. The van der Waals surface area contributed by atoms with E-state index in [0.29, 0.717) is 23.1 Å². The molecule has 3 aromatic rings. The number of benzene rings is 2. The summed E-state index contributed by atoms with van der Waals surface area (Å²) in [6.07, 6.45) is 1.06. The van der Waals surface area contributed by atoms with Gasteiger partial charge in [-0.2, -0.15) is 0 Å². The van der Waals surface area contributed by atoms with Crippen molar-refractivity contribution in [3.63, 3.8) is 0 Å². The normalized spacial score (nSPS) is 15.0. The number of aromatic nitrogens is 1. The Morgan fingerprint density at radius 3 is 2.45 bits per heavy atom. The van der Waals surface area contributed by atoms with Crippen LogP contribution in [0.2, 0.25) is 0 Å². The number of nitro groups is 2. The number of aromatic hydroxyl groups is 1. The molecule has 0 aliphatic carbocycles. The molecule has 0 spiro atoms. The summed E-state index contributed by atoms with van der Waals surface area (Å²) in [7, 11) is 0. The van der Waals surface area contributed by atoms with Gasteiger partial charge in [0.05, 0.1) is 50.5 Å². The molecule has 13 nitrogen and oxygen atoms in total. The lowest BCUT2D eigenvalue weighted by atomic mass is 9.96. The van der Waals surface area contributed by atoms with Gasteiger partial charge in [-0.3, -0.25) is 29.6 Å². The first-order valence-electron chi connectivity index (χ1n) is 12.0. The van der Waals surface area contributed by atoms with Gasteiger partial charge in [-0.15, -0.1) is 0 Å². The van der Waals surface area contributed by atoms with E-state index in [2.05, 4.69) is 4.99 Å². The minimum atomic E-state index is -0.955. The van der Waals surface area contributed by atoms with Crippen LogP contribution >= 0.6 is 11.3 Å². The summed E-state index contributed by atoms with van der Waals surface area (Å²) in [6.45, 7) is 7.12. The van der Waals surface area contributed by atoms with E-state index in [1.807, 2.05) is 13.8 Å². The molecule has 208 valence electrons. The number of phenols is 1. The molecule has 1 aliphatic heterocycles. The van der Waals surface area contributed by atoms with Crippen molar-refractivity contribution < 1.29 is 29.2 Å². The van der Waals surface area contributed by atoms with E-state index >= 15 is 0 Å². The van der Waals surface area contributed by atoms with E-state index in [-0.39, 0.29) is 33.2 Å². The molecular formula is C26H24N4O9S. The minimum Gasteiger partial charge on any atom is -0.502 e. The Morgan fingerprint density at radius 2 is 1.88 bits per heavy atom. The van der Waals surface area contributed by atoms with Gasteiger partial charge in [-0.05, 0) is 51.5 Å². The highest BCUT2D eigenvalue weighted by atomic mass is 32.1. The highest BCUT2D eigenvalue weighted by molar-refractivity contribution is 7.07. The lowest BCUT2D eigenvalue weighted by Gasteiger charge is -2.25. The second-order valence-electron chi connectivity index (χ2n) is 8.95. The summed E-state index contributed by atoms with van der Waals surface area (Å²) in [5, 5.41) is 33.2. The van der Waals surface area contributed by atoms with Crippen LogP contribution in [0.15, 0.2) is 57.5 Å². The first-order valence-corrected chi connectivity index (χ1v) is 12.9. The van der Waals surface area contributed by atoms with E-state index in [1.165, 1.54) is 4.57 Å². The summed E-state index contributed by atoms with van der Waals surface area (Å²) >= 11 is 0.901. The van der Waals surface area contributed by atoms with Gasteiger partial charge in [0.2, 0.25) is 5.75 Å². The molecule has 1 atom stereocenters. The van der Waals surface area contributed by atoms with Crippen LogP contribution < -0.4 is 19.6 Å². The van der Waals surface area contributed by atoms with Gasteiger partial charge in [0, 0.05) is 11.6 Å². The van der Waals surface area contributed by atoms with Crippen molar-refractivity contribution in [2.75, 3.05) is 6.61 Å². The molecule has 2 aromatic carbocycles. The molecule has 14 heteroatoms. The van der Waals surface area contributed by atoms with Gasteiger partial charge in [0.15, 0.2) is 4.80 Å². The molecule has 0 amide bonds. The molecule has 0 radical (unpaired) electrons. The third-order valence-electron chi connectivity index (χ3n) is 5.88. The maximum Gasteiger partial charge on any atom is 0.338 e. The largest absolute Gasteiger partial charge is 0.502 e. The number of ether oxygens (including phenoxy) is 2. The standard InChI is InChI=1S/C26H24N4O9S/c1-5-38-25(33)21-14(4)27-26-28(22(21)15-6-8-18(9-7-15)39-13(2)3)24(32)20(40-26)11-16-10-17(29(34)35)12-19(23(16)31)30(36)37/h6-13,22,31H,5H2,1-4H3/b20-11-/t22-/m0/s1. The number of carbonyl (C=O) groups excluding carboxylic acids is 1. The van der Waals surface area contributed by atoms with E-state index in [0.717, 1.165) is 23.5 Å². The number of hydrogen-bond acceptors (Lipinski definition) is 11. The molecule has 0 unspecified atom stereocenters. The molecule has 40 heavy (non-hydrogen) atoms. The maximum absolute atomic E-state index is 13.7. The fourth-order valence-electron chi connectivity index (χ4n) is 4.23. The third kappa shape index (κ3) is 5.33. The highest BCUT2D eigenvalue weighted by Crippen LogP contribution is 2.35. The molecule has 0 fully saturated rings. The van der Waals surface area contributed by atoms with Crippen LogP contribution in [-0.2, 0) is 9.53 Å². The fraction of sp³-hybridized carbons (Fsp3) is 0.269. The number of nitro benzene ring substituents is 2. The zero-order valence-corrected chi connectivity index (χ0v) is 22.6. The van der Waals surface area contributed by atoms with Crippen LogP contribution in [0.3, 0.4) is 0 Å². The second-order valence-corrected chi connectivity index (χ2v) is 9.96. The van der Waals surface area contributed by atoms with Crippen molar-refractivity contribution in [2.24, 2.45) is 4.99 Å². The number of esters is 1. The van der Waals surface area contributed by atoms with Gasteiger partial charge in [-0.1, -0.05) is 23.5 Å². The first kappa shape index (κ1) is 28.2. The van der Waals surface area contributed by atoms with E-state index < -0.39 is 44.5 Å². The molecule has 0 saturated carbocycles. The van der Waals surface area contributed by atoms with Gasteiger partial charge >= 0.3 is 11.7 Å². The number of phenolic OH excluding ortho intramolecular Hbond substituents is 1. The Kier molecular flexibility index (Phi) is 7.81. The Labute approximate surface area is 230 Å². The summed E-state index contributed by atoms with van der Waals surface area (Å²) in [5.74, 6) is -0.896. The van der Waals surface area contributed by atoms with Crippen LogP contribution in [0.1, 0.15) is 44.9 Å². The number of non-ortho nitro benzene ring substituents is 1. The van der Waals surface area contributed by atoms with E-state index in [9.17, 15) is 34.9 Å². The van der Waals surface area contributed by atoms with Gasteiger partial charge in [0.1, 0.15) is 5.75 Å². The molecule has 4 rings (SSSR count). The average molecular weight is 569 g/mol. The third-order valence-corrected chi connectivity index (χ3v) is 6.87. The Hall–Kier alpha value is -4.85. The summed E-state index contributed by atoms with van der Waals surface area (Å²) in [5.41, 5.74) is -1.39. The van der Waals surface area contributed by atoms with E-state index in [4.69, 9.17) is 9.47 Å². The van der Waals surface area contributed by atoms with Crippen molar-refractivity contribution in [3.05, 3.63) is 98.7 Å². The first-order chi connectivity index (χ1) is 18.9. The predicted molar refractivity (Wildman–Crippen MR) is 144 cm³/mol. The average Bonchev–Trinajstić information content (AvgIpc) is 3.18. The van der Waals surface area contributed by atoms with Crippen LogP contribution in [0.25, 0.3) is 6.08 Å². The van der Waals surface area contributed by atoms with Gasteiger partial charge in [0.25, 0.3) is 11.2 Å². The number of thiazole rings is 1. The molecule has 1 aliphatic rings. The van der Waals surface area contributed by atoms with Crippen molar-refractivity contribution >= 4 is 34.8 Å². The lowest BCUT2D eigenvalue weighted by molar-refractivity contribution is -0.394. The van der Waals surface area contributed by atoms with Crippen LogP contribution in [0.4, 0.5) is 11.4 Å². The van der Waals surface area contributed by atoms with Crippen molar-refractivity contribution in [3.8, 4) is 11.5 Å². The van der Waals surface area contributed by atoms with E-state index in [1.54, 1.807) is 38.1 Å². The van der Waals surface area contributed by atoms with Gasteiger partial charge < -0.3 is 14.6 Å². The van der Waals surface area contributed by atoms with Crippen LogP contribution in [0.5, 0.6) is 11.5 Å². The molecule has 2 heterocycles. The Bertz CT molecular complexity index is 1740. The number of allylic oxidation sites excluding steroid dienone is 1. The Morgan fingerprint density at radius 1 is 1.20 bits per heavy atom. The summed E-state index contributed by atoms with van der Waals surface area (Å²) in [4.78, 5) is 52.3. The van der Waals surface area contributed by atoms with Crippen LogP contribution in [0, 0.1) is 20.2 Å². The smallest absolute Gasteiger partial charge is 0.338 e. The van der Waals surface area contributed by atoms with Crippen molar-refractivity contribution in [2.45, 2.75) is 39.8 Å². The fourth-order valence-corrected chi connectivity index (χ4v) is 5.27. The van der Waals surface area contributed by atoms with Crippen molar-refractivity contribution in [1.29, 1.82) is 0 Å². The zero-order valence-electron chi connectivity index (χ0n) is 21.8. The number of hydrogen-bond donors (Lipinski definition) is 1.